The summed E-state index contributed by atoms with van der Waals surface area (Å²) in [6, 6.07) is 13.3. The molecule has 2 aromatic carbocycles. The average molecular weight is 288 g/mol. The normalized spacial score (nSPS) is 9.90. The Kier molecular flexibility index (Phi) is 4.42. The largest absolute Gasteiger partial charge is 0.332 e. The van der Waals surface area contributed by atoms with Crippen LogP contribution in [0.3, 0.4) is 0 Å². The van der Waals surface area contributed by atoms with E-state index >= 15 is 0 Å². The molecule has 0 atom stereocenters. The fourth-order valence-corrected chi connectivity index (χ4v) is 1.86. The molecular formula is C15H13FN2OS. The maximum atomic E-state index is 13.1. The first-order valence-corrected chi connectivity index (χ1v) is 6.40. The monoisotopic (exact) mass is 288 g/mol. The smallest absolute Gasteiger partial charge is 0.257 e. The minimum absolute atomic E-state index is 0.171. The summed E-state index contributed by atoms with van der Waals surface area (Å²) in [6.07, 6.45) is 0. The van der Waals surface area contributed by atoms with Crippen molar-refractivity contribution in [1.29, 1.82) is 0 Å². The number of carbonyl (C=O) groups excluding carboxylic acids is 1. The third kappa shape index (κ3) is 3.61. The number of rotatable bonds is 2. The first kappa shape index (κ1) is 14.1. The Morgan fingerprint density at radius 2 is 1.85 bits per heavy atom. The minimum atomic E-state index is -0.290. The molecule has 0 saturated heterocycles. The van der Waals surface area contributed by atoms with Crippen molar-refractivity contribution in [2.45, 2.75) is 6.92 Å². The summed E-state index contributed by atoms with van der Waals surface area (Å²) in [5.74, 6) is -0.572. The molecule has 102 valence electrons. The van der Waals surface area contributed by atoms with Crippen LogP contribution in [0.25, 0.3) is 0 Å². The fraction of sp³-hybridized carbons (Fsp3) is 0.0667. The summed E-state index contributed by atoms with van der Waals surface area (Å²) in [6.45, 7) is 1.66. The lowest BCUT2D eigenvalue weighted by Crippen LogP contribution is -2.34. The van der Waals surface area contributed by atoms with Crippen LogP contribution in [0.4, 0.5) is 10.1 Å². The Morgan fingerprint density at radius 1 is 1.15 bits per heavy atom. The van der Waals surface area contributed by atoms with Crippen LogP contribution in [-0.2, 0) is 0 Å². The maximum absolute atomic E-state index is 13.1. The summed E-state index contributed by atoms with van der Waals surface area (Å²) in [5, 5.41) is 5.58. The number of carbonyl (C=O) groups is 1. The van der Waals surface area contributed by atoms with Gasteiger partial charge in [0.1, 0.15) is 5.82 Å². The van der Waals surface area contributed by atoms with E-state index in [1.807, 2.05) is 6.07 Å². The molecular weight excluding hydrogens is 275 g/mol. The molecule has 0 bridgehead atoms. The van der Waals surface area contributed by atoms with Gasteiger partial charge in [-0.25, -0.2) is 4.39 Å². The van der Waals surface area contributed by atoms with Crippen molar-refractivity contribution in [2.75, 3.05) is 5.32 Å². The van der Waals surface area contributed by atoms with E-state index in [9.17, 15) is 9.18 Å². The Balaban J connectivity index is 1.99. The molecule has 2 N–H and O–H groups in total. The van der Waals surface area contributed by atoms with Gasteiger partial charge in [0.2, 0.25) is 0 Å². The van der Waals surface area contributed by atoms with Crippen molar-refractivity contribution in [1.82, 2.24) is 5.32 Å². The van der Waals surface area contributed by atoms with E-state index in [4.69, 9.17) is 12.2 Å². The first-order valence-electron chi connectivity index (χ1n) is 6.00. The quantitative estimate of drug-likeness (QED) is 0.833. The van der Waals surface area contributed by atoms with Gasteiger partial charge in [-0.15, -0.1) is 0 Å². The van der Waals surface area contributed by atoms with Crippen LogP contribution in [0.2, 0.25) is 0 Å². The fourth-order valence-electron chi connectivity index (χ4n) is 1.65. The molecule has 0 radical (unpaired) electrons. The molecule has 0 aliphatic carbocycles. The summed E-state index contributed by atoms with van der Waals surface area (Å²) in [4.78, 5) is 11.9. The predicted molar refractivity (Wildman–Crippen MR) is 81.3 cm³/mol. The Labute approximate surface area is 121 Å². The molecule has 3 nitrogen and oxygen atoms in total. The van der Waals surface area contributed by atoms with Gasteiger partial charge in [-0.3, -0.25) is 10.1 Å². The molecule has 0 aliphatic rings. The molecule has 5 heteroatoms. The van der Waals surface area contributed by atoms with E-state index in [0.29, 0.717) is 16.8 Å². The van der Waals surface area contributed by atoms with Crippen molar-refractivity contribution in [3.05, 3.63) is 65.5 Å². The lowest BCUT2D eigenvalue weighted by Gasteiger charge is -2.10. The molecule has 20 heavy (non-hydrogen) atoms. The highest BCUT2D eigenvalue weighted by Crippen LogP contribution is 2.13. The van der Waals surface area contributed by atoms with Crippen molar-refractivity contribution >= 4 is 28.9 Å². The summed E-state index contributed by atoms with van der Waals surface area (Å²) >= 11 is 5.05. The molecule has 2 aromatic rings. The average Bonchev–Trinajstić information content (AvgIpc) is 2.44. The van der Waals surface area contributed by atoms with Gasteiger partial charge in [-0.05, 0) is 55.0 Å². The number of halogens is 1. The lowest BCUT2D eigenvalue weighted by molar-refractivity contribution is 0.0977. The maximum Gasteiger partial charge on any atom is 0.257 e. The number of benzene rings is 2. The number of amides is 1. The van der Waals surface area contributed by atoms with Crippen LogP contribution in [-0.4, -0.2) is 11.0 Å². The zero-order valence-electron chi connectivity index (χ0n) is 10.8. The van der Waals surface area contributed by atoms with Gasteiger partial charge in [0.05, 0.1) is 0 Å². The Bertz CT molecular complexity index is 644. The third-order valence-corrected chi connectivity index (χ3v) is 2.88. The number of hydrogen-bond acceptors (Lipinski definition) is 2. The zero-order valence-corrected chi connectivity index (χ0v) is 11.6. The van der Waals surface area contributed by atoms with Gasteiger partial charge in [0.15, 0.2) is 5.11 Å². The van der Waals surface area contributed by atoms with Crippen molar-refractivity contribution in [3.8, 4) is 0 Å². The predicted octanol–water partition coefficient (Wildman–Crippen LogP) is 3.26. The summed E-state index contributed by atoms with van der Waals surface area (Å²) in [5.41, 5.74) is 1.65. The van der Waals surface area contributed by atoms with Crippen molar-refractivity contribution in [3.63, 3.8) is 0 Å². The first-order chi connectivity index (χ1) is 9.56. The molecule has 0 fully saturated rings. The molecule has 0 aliphatic heterocycles. The topological polar surface area (TPSA) is 41.1 Å². The van der Waals surface area contributed by atoms with E-state index in [1.165, 1.54) is 6.07 Å². The third-order valence-electron chi connectivity index (χ3n) is 2.68. The van der Waals surface area contributed by atoms with Gasteiger partial charge >= 0.3 is 0 Å². The SMILES string of the molecule is Cc1cc(NC(=S)NC(=O)c2ccccc2)ccc1F. The minimum Gasteiger partial charge on any atom is -0.332 e. The number of thiocarbonyl (C=S) groups is 1. The van der Waals surface area contributed by atoms with E-state index in [0.717, 1.165) is 0 Å². The number of aryl methyl sites for hydroxylation is 1. The second-order valence-corrected chi connectivity index (χ2v) is 4.65. The highest BCUT2D eigenvalue weighted by molar-refractivity contribution is 7.80. The second kappa shape index (κ2) is 6.25. The van der Waals surface area contributed by atoms with Crippen molar-refractivity contribution in [2.24, 2.45) is 0 Å². The highest BCUT2D eigenvalue weighted by Gasteiger charge is 2.07. The van der Waals surface area contributed by atoms with E-state index in [-0.39, 0.29) is 16.8 Å². The van der Waals surface area contributed by atoms with E-state index < -0.39 is 0 Å². The van der Waals surface area contributed by atoms with Crippen LogP contribution in [0.5, 0.6) is 0 Å². The van der Waals surface area contributed by atoms with Crippen molar-refractivity contribution < 1.29 is 9.18 Å². The number of hydrogen-bond donors (Lipinski definition) is 2. The van der Waals surface area contributed by atoms with E-state index in [2.05, 4.69) is 10.6 Å². The van der Waals surface area contributed by atoms with Crippen LogP contribution < -0.4 is 10.6 Å². The van der Waals surface area contributed by atoms with Gasteiger partial charge < -0.3 is 5.32 Å². The molecule has 0 saturated carbocycles. The van der Waals surface area contributed by atoms with Gasteiger partial charge in [0.25, 0.3) is 5.91 Å². The molecule has 2 rings (SSSR count). The van der Waals surface area contributed by atoms with Crippen LogP contribution in [0.1, 0.15) is 15.9 Å². The Hall–Kier alpha value is -2.27. The van der Waals surface area contributed by atoms with Crippen LogP contribution >= 0.6 is 12.2 Å². The van der Waals surface area contributed by atoms with Gasteiger partial charge in [0, 0.05) is 11.3 Å². The van der Waals surface area contributed by atoms with Gasteiger partial charge in [-0.2, -0.15) is 0 Å². The van der Waals surface area contributed by atoms with E-state index in [1.54, 1.807) is 43.3 Å². The molecule has 0 unspecified atom stereocenters. The molecule has 0 spiro atoms. The standard InChI is InChI=1S/C15H13FN2OS/c1-10-9-12(7-8-13(10)16)17-15(20)18-14(19)11-5-3-2-4-6-11/h2-9H,1H3,(H2,17,18,19,20). The Morgan fingerprint density at radius 3 is 2.50 bits per heavy atom. The summed E-state index contributed by atoms with van der Waals surface area (Å²) < 4.78 is 13.1. The highest BCUT2D eigenvalue weighted by atomic mass is 32.1. The summed E-state index contributed by atoms with van der Waals surface area (Å²) in [7, 11) is 0. The number of anilines is 1. The lowest BCUT2D eigenvalue weighted by atomic mass is 10.2. The molecule has 0 aromatic heterocycles. The van der Waals surface area contributed by atoms with Crippen LogP contribution in [0.15, 0.2) is 48.5 Å². The van der Waals surface area contributed by atoms with Gasteiger partial charge in [-0.1, -0.05) is 18.2 Å². The second-order valence-electron chi connectivity index (χ2n) is 4.24. The van der Waals surface area contributed by atoms with Crippen LogP contribution in [0, 0.1) is 12.7 Å². The molecule has 0 heterocycles. The molecule has 1 amide bonds. The zero-order chi connectivity index (χ0) is 14.5. The number of nitrogens with one attached hydrogen (secondary N) is 2.